The maximum atomic E-state index is 12.8. The fourth-order valence-corrected chi connectivity index (χ4v) is 3.16. The van der Waals surface area contributed by atoms with E-state index in [1.165, 1.54) is 0 Å². The number of nitrogens with two attached hydrogens (primary N) is 3. The second-order valence-corrected chi connectivity index (χ2v) is 8.59. The number of aliphatic carboxylic acids is 1. The molecule has 4 amide bonds. The summed E-state index contributed by atoms with van der Waals surface area (Å²) in [4.78, 5) is 60.1. The molecule has 33 heavy (non-hydrogen) atoms. The number of amides is 4. The summed E-state index contributed by atoms with van der Waals surface area (Å²) in [7, 11) is 0. The van der Waals surface area contributed by atoms with Crippen molar-refractivity contribution in [2.45, 2.75) is 76.5 Å². The molecule has 0 aromatic heterocycles. The Kier molecular flexibility index (Phi) is 15.1. The van der Waals surface area contributed by atoms with Crippen LogP contribution in [0.25, 0.3) is 0 Å². The highest BCUT2D eigenvalue weighted by atomic mass is 32.1. The van der Waals surface area contributed by atoms with E-state index in [4.69, 9.17) is 17.2 Å². The lowest BCUT2D eigenvalue weighted by atomic mass is 10.0. The number of thiol groups is 1. The summed E-state index contributed by atoms with van der Waals surface area (Å²) >= 11 is 4.08. The second kappa shape index (κ2) is 16.3. The molecule has 0 radical (unpaired) electrons. The monoisotopic (exact) mass is 490 g/mol. The number of carbonyl (C=O) groups excluding carboxylic acids is 4. The van der Waals surface area contributed by atoms with Gasteiger partial charge in [-0.2, -0.15) is 12.6 Å². The summed E-state index contributed by atoms with van der Waals surface area (Å²) in [6.07, 6.45) is 1.53. The van der Waals surface area contributed by atoms with E-state index in [1.54, 1.807) is 0 Å². The number of carbonyl (C=O) groups is 5. The van der Waals surface area contributed by atoms with Crippen molar-refractivity contribution < 1.29 is 29.1 Å². The van der Waals surface area contributed by atoms with Gasteiger partial charge in [0.25, 0.3) is 0 Å². The number of rotatable bonds is 17. The minimum absolute atomic E-state index is 0.00725. The van der Waals surface area contributed by atoms with Crippen molar-refractivity contribution in [3.63, 3.8) is 0 Å². The molecule has 0 saturated carbocycles. The van der Waals surface area contributed by atoms with Crippen LogP contribution in [-0.2, 0) is 24.0 Å². The molecule has 190 valence electrons. The standard InChI is InChI=1S/C20H38N6O6S/c1-11(2)9-14(18(29)24-13(20(31)32)5-3-4-8-21)25-19(30)15(10-33)26-17(28)12(22)6-7-16(23)27/h11-15,33H,3-10,21-22H2,1-2H3,(H2,23,27)(H,24,29)(H,25,30)(H,26,28)(H,31,32). The van der Waals surface area contributed by atoms with Gasteiger partial charge in [-0.3, -0.25) is 19.2 Å². The summed E-state index contributed by atoms with van der Waals surface area (Å²) in [6, 6.07) is -4.27. The Morgan fingerprint density at radius 2 is 1.42 bits per heavy atom. The van der Waals surface area contributed by atoms with Gasteiger partial charge in [0.2, 0.25) is 23.6 Å². The van der Waals surface area contributed by atoms with Crippen LogP contribution in [0.4, 0.5) is 0 Å². The summed E-state index contributed by atoms with van der Waals surface area (Å²) in [5.74, 6) is -3.83. The van der Waals surface area contributed by atoms with Crippen molar-refractivity contribution in [2.24, 2.45) is 23.1 Å². The Morgan fingerprint density at radius 3 is 1.91 bits per heavy atom. The molecule has 10 N–H and O–H groups in total. The largest absolute Gasteiger partial charge is 0.480 e. The molecule has 0 rings (SSSR count). The number of carboxylic acid groups (broad SMARTS) is 1. The van der Waals surface area contributed by atoms with Crippen LogP contribution in [0.2, 0.25) is 0 Å². The van der Waals surface area contributed by atoms with Crippen LogP contribution in [0.15, 0.2) is 0 Å². The van der Waals surface area contributed by atoms with Gasteiger partial charge in [-0.25, -0.2) is 4.79 Å². The van der Waals surface area contributed by atoms with Gasteiger partial charge in [-0.05, 0) is 44.6 Å². The quantitative estimate of drug-likeness (QED) is 0.0858. The van der Waals surface area contributed by atoms with Crippen molar-refractivity contribution in [1.82, 2.24) is 16.0 Å². The highest BCUT2D eigenvalue weighted by molar-refractivity contribution is 7.80. The molecule has 0 aliphatic rings. The predicted molar refractivity (Wildman–Crippen MR) is 126 cm³/mol. The molecule has 0 aliphatic heterocycles. The minimum atomic E-state index is -1.18. The van der Waals surface area contributed by atoms with Crippen molar-refractivity contribution >= 4 is 42.2 Å². The molecule has 0 fully saturated rings. The SMILES string of the molecule is CC(C)CC(NC(=O)C(CS)NC(=O)C(N)CCC(N)=O)C(=O)NC(CCCCN)C(=O)O. The molecule has 0 saturated heterocycles. The first-order valence-electron chi connectivity index (χ1n) is 10.9. The van der Waals surface area contributed by atoms with Crippen LogP contribution in [0.1, 0.15) is 52.4 Å². The third kappa shape index (κ3) is 13.0. The Bertz CT molecular complexity index is 677. The Morgan fingerprint density at radius 1 is 0.879 bits per heavy atom. The van der Waals surface area contributed by atoms with E-state index < -0.39 is 53.8 Å². The van der Waals surface area contributed by atoms with Crippen LogP contribution in [0.3, 0.4) is 0 Å². The molecular formula is C20H38N6O6S. The number of unbranched alkanes of at least 4 members (excludes halogenated alkanes) is 1. The van der Waals surface area contributed by atoms with Gasteiger partial charge in [0.05, 0.1) is 6.04 Å². The van der Waals surface area contributed by atoms with Gasteiger partial charge in [-0.1, -0.05) is 13.8 Å². The molecule has 0 bridgehead atoms. The molecule has 0 aliphatic carbocycles. The lowest BCUT2D eigenvalue weighted by Crippen LogP contribution is -2.57. The molecule has 0 spiro atoms. The van der Waals surface area contributed by atoms with Gasteiger partial charge in [0.15, 0.2) is 0 Å². The van der Waals surface area contributed by atoms with E-state index in [0.29, 0.717) is 19.4 Å². The predicted octanol–water partition coefficient (Wildman–Crippen LogP) is -1.78. The maximum absolute atomic E-state index is 12.8. The minimum Gasteiger partial charge on any atom is -0.480 e. The van der Waals surface area contributed by atoms with E-state index in [0.717, 1.165) is 0 Å². The molecule has 0 aromatic rings. The third-order valence-corrected chi connectivity index (χ3v) is 5.12. The highest BCUT2D eigenvalue weighted by Gasteiger charge is 2.30. The van der Waals surface area contributed by atoms with E-state index in [-0.39, 0.29) is 37.4 Å². The van der Waals surface area contributed by atoms with Gasteiger partial charge in [-0.15, -0.1) is 0 Å². The molecule has 0 heterocycles. The first kappa shape index (κ1) is 30.6. The Hall–Kier alpha value is -2.38. The van der Waals surface area contributed by atoms with Gasteiger partial charge < -0.3 is 38.3 Å². The smallest absolute Gasteiger partial charge is 0.326 e. The lowest BCUT2D eigenvalue weighted by Gasteiger charge is -2.25. The summed E-state index contributed by atoms with van der Waals surface area (Å²) in [6.45, 7) is 4.10. The maximum Gasteiger partial charge on any atom is 0.326 e. The average molecular weight is 491 g/mol. The van der Waals surface area contributed by atoms with Crippen LogP contribution < -0.4 is 33.2 Å². The first-order chi connectivity index (χ1) is 15.4. The summed E-state index contributed by atoms with van der Waals surface area (Å²) in [5.41, 5.74) is 16.2. The number of carboxylic acids is 1. The lowest BCUT2D eigenvalue weighted by molar-refractivity contribution is -0.142. The molecule has 12 nitrogen and oxygen atoms in total. The van der Waals surface area contributed by atoms with Crippen LogP contribution in [0, 0.1) is 5.92 Å². The van der Waals surface area contributed by atoms with Gasteiger partial charge in [0, 0.05) is 12.2 Å². The summed E-state index contributed by atoms with van der Waals surface area (Å²) < 4.78 is 0. The topological polar surface area (TPSA) is 220 Å². The molecular weight excluding hydrogens is 452 g/mol. The Balaban J connectivity index is 5.19. The number of hydrogen-bond donors (Lipinski definition) is 8. The molecule has 4 unspecified atom stereocenters. The molecule has 13 heteroatoms. The molecule has 4 atom stereocenters. The number of primary amides is 1. The number of hydrogen-bond acceptors (Lipinski definition) is 8. The third-order valence-electron chi connectivity index (χ3n) is 4.76. The second-order valence-electron chi connectivity index (χ2n) is 8.23. The normalized spacial score (nSPS) is 14.6. The van der Waals surface area contributed by atoms with Gasteiger partial charge in [0.1, 0.15) is 18.1 Å². The van der Waals surface area contributed by atoms with Crippen molar-refractivity contribution in [2.75, 3.05) is 12.3 Å². The van der Waals surface area contributed by atoms with E-state index >= 15 is 0 Å². The fourth-order valence-electron chi connectivity index (χ4n) is 2.90. The highest BCUT2D eigenvalue weighted by Crippen LogP contribution is 2.08. The van der Waals surface area contributed by atoms with Crippen LogP contribution in [0.5, 0.6) is 0 Å². The summed E-state index contributed by atoms with van der Waals surface area (Å²) in [5, 5.41) is 16.9. The van der Waals surface area contributed by atoms with Crippen molar-refractivity contribution in [1.29, 1.82) is 0 Å². The average Bonchev–Trinajstić information content (AvgIpc) is 2.73. The zero-order chi connectivity index (χ0) is 25.6. The van der Waals surface area contributed by atoms with Crippen molar-refractivity contribution in [3.8, 4) is 0 Å². The van der Waals surface area contributed by atoms with Crippen LogP contribution >= 0.6 is 12.6 Å². The van der Waals surface area contributed by atoms with E-state index in [1.807, 2.05) is 13.8 Å². The molecule has 0 aromatic carbocycles. The first-order valence-corrected chi connectivity index (χ1v) is 11.5. The fraction of sp³-hybridized carbons (Fsp3) is 0.750. The van der Waals surface area contributed by atoms with E-state index in [2.05, 4.69) is 28.6 Å². The van der Waals surface area contributed by atoms with E-state index in [9.17, 15) is 29.1 Å². The zero-order valence-electron chi connectivity index (χ0n) is 19.2. The van der Waals surface area contributed by atoms with Gasteiger partial charge >= 0.3 is 5.97 Å². The Labute approximate surface area is 199 Å². The zero-order valence-corrected chi connectivity index (χ0v) is 20.1. The van der Waals surface area contributed by atoms with Crippen LogP contribution in [-0.4, -0.2) is 71.2 Å². The number of nitrogens with one attached hydrogen (secondary N) is 3. The van der Waals surface area contributed by atoms with Crippen molar-refractivity contribution in [3.05, 3.63) is 0 Å².